The van der Waals surface area contributed by atoms with E-state index in [0.717, 1.165) is 17.5 Å². The molecule has 0 saturated carbocycles. The highest BCUT2D eigenvalue weighted by atomic mass is 19.3. The monoisotopic (exact) mass is 401 g/mol. The summed E-state index contributed by atoms with van der Waals surface area (Å²) in [6.07, 6.45) is 0.275. The van der Waals surface area contributed by atoms with Crippen molar-refractivity contribution in [2.45, 2.75) is 19.2 Å². The van der Waals surface area contributed by atoms with Crippen LogP contribution in [0.2, 0.25) is 0 Å². The van der Waals surface area contributed by atoms with Gasteiger partial charge < -0.3 is 19.9 Å². The molecule has 1 atom stereocenters. The summed E-state index contributed by atoms with van der Waals surface area (Å²) >= 11 is 0. The van der Waals surface area contributed by atoms with Gasteiger partial charge in [-0.3, -0.25) is 9.88 Å². The number of ether oxygens (including phenoxy) is 3. The van der Waals surface area contributed by atoms with Gasteiger partial charge >= 0.3 is 6.61 Å². The molecule has 0 radical (unpaired) electrons. The van der Waals surface area contributed by atoms with E-state index in [4.69, 9.17) is 15.2 Å². The number of nitrogens with one attached hydrogen (secondary N) is 1. The number of guanidine groups is 1. The fraction of sp³-hybridized carbons (Fsp3) is 0.263. The first-order chi connectivity index (χ1) is 14.1. The van der Waals surface area contributed by atoms with Crippen LogP contribution in [0.5, 0.6) is 17.2 Å². The van der Waals surface area contributed by atoms with Crippen LogP contribution in [0.4, 0.5) is 14.7 Å². The lowest BCUT2D eigenvalue weighted by Gasteiger charge is -2.24. The predicted molar refractivity (Wildman–Crippen MR) is 102 cm³/mol. The molecule has 3 N–H and O–H groups in total. The molecule has 2 aliphatic rings. The van der Waals surface area contributed by atoms with Gasteiger partial charge in [-0.15, -0.1) is 0 Å². The third-order valence-corrected chi connectivity index (χ3v) is 4.71. The van der Waals surface area contributed by atoms with E-state index in [1.807, 2.05) is 16.7 Å². The summed E-state index contributed by atoms with van der Waals surface area (Å²) in [4.78, 5) is 9.09. The normalized spacial score (nSPS) is 18.0. The highest BCUT2D eigenvalue weighted by Crippen LogP contribution is 2.39. The van der Waals surface area contributed by atoms with Crippen molar-refractivity contribution in [3.05, 3.63) is 42.0 Å². The van der Waals surface area contributed by atoms with Crippen LogP contribution in [-0.4, -0.2) is 35.3 Å². The molecule has 10 heteroatoms. The number of imidazole rings is 1. The number of benzene rings is 2. The van der Waals surface area contributed by atoms with E-state index >= 15 is 0 Å². The first-order valence-corrected chi connectivity index (χ1v) is 9.05. The van der Waals surface area contributed by atoms with Crippen LogP contribution in [0.25, 0.3) is 11.0 Å². The van der Waals surface area contributed by atoms with Crippen molar-refractivity contribution >= 4 is 22.9 Å². The Labute approximate surface area is 163 Å². The first kappa shape index (κ1) is 17.5. The van der Waals surface area contributed by atoms with Gasteiger partial charge in [0, 0.05) is 18.6 Å². The Hall–Kier alpha value is -3.56. The number of anilines is 1. The minimum Gasteiger partial charge on any atom is -0.489 e. The number of nitrogens with zero attached hydrogens (tertiary/aromatic N) is 3. The third kappa shape index (κ3) is 3.16. The second-order valence-corrected chi connectivity index (χ2v) is 6.60. The Bertz CT molecular complexity index is 1100. The molecule has 5 rings (SSSR count). The second-order valence-electron chi connectivity index (χ2n) is 6.60. The van der Waals surface area contributed by atoms with E-state index in [2.05, 4.69) is 20.0 Å². The van der Waals surface area contributed by atoms with Crippen LogP contribution in [-0.2, 0) is 0 Å². The van der Waals surface area contributed by atoms with E-state index in [9.17, 15) is 8.78 Å². The Morgan fingerprint density at radius 1 is 1.14 bits per heavy atom. The molecule has 0 fully saturated rings. The maximum absolute atomic E-state index is 12.4. The van der Waals surface area contributed by atoms with Gasteiger partial charge in [0.15, 0.2) is 23.6 Å². The fourth-order valence-electron chi connectivity index (χ4n) is 3.47. The molecule has 0 amide bonds. The van der Waals surface area contributed by atoms with Gasteiger partial charge in [-0.05, 0) is 17.7 Å². The van der Waals surface area contributed by atoms with Crippen molar-refractivity contribution in [2.24, 2.45) is 10.7 Å². The van der Waals surface area contributed by atoms with E-state index < -0.39 is 12.8 Å². The van der Waals surface area contributed by atoms with E-state index in [1.54, 1.807) is 12.1 Å². The molecule has 150 valence electrons. The number of hydrogen-bond donors (Lipinski definition) is 2. The number of aromatic nitrogens is 2. The molecule has 0 bridgehead atoms. The van der Waals surface area contributed by atoms with E-state index in [-0.39, 0.29) is 11.7 Å². The zero-order valence-corrected chi connectivity index (χ0v) is 15.1. The zero-order valence-electron chi connectivity index (χ0n) is 15.1. The van der Waals surface area contributed by atoms with Crippen molar-refractivity contribution in [2.75, 3.05) is 18.5 Å². The largest absolute Gasteiger partial charge is 0.489 e. The second kappa shape index (κ2) is 6.80. The summed E-state index contributed by atoms with van der Waals surface area (Å²) in [5, 5.41) is 2.96. The summed E-state index contributed by atoms with van der Waals surface area (Å²) in [7, 11) is 0. The van der Waals surface area contributed by atoms with Gasteiger partial charge in [0.2, 0.25) is 5.95 Å². The molecular formula is C19H17F2N5O3. The molecule has 2 aromatic carbocycles. The lowest BCUT2D eigenvalue weighted by atomic mass is 10.1. The van der Waals surface area contributed by atoms with Crippen LogP contribution < -0.4 is 25.3 Å². The summed E-state index contributed by atoms with van der Waals surface area (Å²) in [6.45, 7) is -1.73. The Morgan fingerprint density at radius 3 is 2.59 bits per heavy atom. The van der Waals surface area contributed by atoms with Crippen LogP contribution in [0.3, 0.4) is 0 Å². The third-order valence-electron chi connectivity index (χ3n) is 4.71. The van der Waals surface area contributed by atoms with E-state index in [0.29, 0.717) is 36.2 Å². The molecule has 3 heterocycles. The number of halogens is 2. The van der Waals surface area contributed by atoms with Gasteiger partial charge in [-0.1, -0.05) is 12.1 Å². The summed E-state index contributed by atoms with van der Waals surface area (Å²) in [5.41, 5.74) is 8.17. The van der Waals surface area contributed by atoms with Crippen LogP contribution in [0.15, 0.2) is 41.4 Å². The number of nitrogens with two attached hydrogens (primary N) is 1. The van der Waals surface area contributed by atoms with Crippen LogP contribution >= 0.6 is 0 Å². The van der Waals surface area contributed by atoms with Crippen molar-refractivity contribution in [1.82, 2.24) is 9.55 Å². The maximum atomic E-state index is 12.4. The average molecular weight is 401 g/mol. The van der Waals surface area contributed by atoms with Crippen molar-refractivity contribution in [1.29, 1.82) is 0 Å². The van der Waals surface area contributed by atoms with Gasteiger partial charge in [0.25, 0.3) is 0 Å². The minimum absolute atomic E-state index is 0.0706. The van der Waals surface area contributed by atoms with Gasteiger partial charge in [0.05, 0.1) is 24.2 Å². The molecule has 3 aromatic rings. The van der Waals surface area contributed by atoms with Crippen LogP contribution in [0, 0.1) is 0 Å². The quantitative estimate of drug-likeness (QED) is 0.700. The molecule has 8 nitrogen and oxygen atoms in total. The van der Waals surface area contributed by atoms with Crippen molar-refractivity contribution in [3.8, 4) is 17.2 Å². The number of hydrogen-bond acceptors (Lipinski definition) is 7. The summed E-state index contributed by atoms with van der Waals surface area (Å²) in [5.74, 6) is 2.08. The number of fused-ring (bicyclic) bond motifs is 4. The molecular weight excluding hydrogens is 384 g/mol. The Balaban J connectivity index is 1.60. The Morgan fingerprint density at radius 2 is 1.86 bits per heavy atom. The molecule has 1 aromatic heterocycles. The van der Waals surface area contributed by atoms with Gasteiger partial charge in [0.1, 0.15) is 5.75 Å². The highest BCUT2D eigenvalue weighted by Gasteiger charge is 2.27. The van der Waals surface area contributed by atoms with Crippen molar-refractivity contribution in [3.63, 3.8) is 0 Å². The predicted octanol–water partition coefficient (Wildman–Crippen LogP) is 3.09. The zero-order chi connectivity index (χ0) is 20.0. The summed E-state index contributed by atoms with van der Waals surface area (Å²) < 4.78 is 42.7. The number of alkyl halides is 2. The van der Waals surface area contributed by atoms with Gasteiger partial charge in [-0.2, -0.15) is 8.78 Å². The smallest absolute Gasteiger partial charge is 0.387 e. The van der Waals surface area contributed by atoms with Crippen molar-refractivity contribution < 1.29 is 23.0 Å². The topological polar surface area (TPSA) is 95.9 Å². The van der Waals surface area contributed by atoms with E-state index in [1.165, 1.54) is 12.1 Å². The number of rotatable bonds is 3. The maximum Gasteiger partial charge on any atom is 0.387 e. The molecule has 2 aliphatic heterocycles. The molecule has 29 heavy (non-hydrogen) atoms. The lowest BCUT2D eigenvalue weighted by Crippen LogP contribution is -2.31. The standard InChI is InChI=1S/C19H17F2N5O3/c20-17(21)29-11-4-2-10(3-5-11)16-24-18(22)25-19-23-12-8-14-15(9-13(12)26(16)19)28-7-1-6-27-14/h2-5,8-9,16-17H,1,6-7H2,(H3,22,23,24,25)/t16-/m0/s1. The fourth-order valence-corrected chi connectivity index (χ4v) is 3.47. The van der Waals surface area contributed by atoms with Gasteiger partial charge in [-0.25, -0.2) is 9.98 Å². The highest BCUT2D eigenvalue weighted by molar-refractivity contribution is 5.95. The minimum atomic E-state index is -2.88. The average Bonchev–Trinajstić information content (AvgIpc) is 2.87. The first-order valence-electron chi connectivity index (χ1n) is 9.05. The molecule has 0 saturated heterocycles. The van der Waals surface area contributed by atoms with Crippen LogP contribution in [0.1, 0.15) is 18.2 Å². The summed E-state index contributed by atoms with van der Waals surface area (Å²) in [6, 6.07) is 9.97. The molecule has 0 spiro atoms. The SMILES string of the molecule is NC1=N[C@H](c2ccc(OC(F)F)cc2)n2c(nc3cc4c(cc32)OCCCO4)N1. The number of aliphatic imine (C=N–C) groups is 1. The Kier molecular flexibility index (Phi) is 4.11. The molecule has 0 unspecified atom stereocenters. The lowest BCUT2D eigenvalue weighted by molar-refractivity contribution is -0.0498. The molecule has 0 aliphatic carbocycles.